The van der Waals surface area contributed by atoms with Crippen molar-refractivity contribution in [2.75, 3.05) is 7.05 Å². The number of hydrogen-bond donors (Lipinski definition) is 0. The summed E-state index contributed by atoms with van der Waals surface area (Å²) < 4.78 is 53.9. The normalized spacial score (nSPS) is 11.6. The first-order valence-electron chi connectivity index (χ1n) is 7.72. The van der Waals surface area contributed by atoms with E-state index < -0.39 is 29.0 Å². The summed E-state index contributed by atoms with van der Waals surface area (Å²) in [6, 6.07) is 11.2. The van der Waals surface area contributed by atoms with Crippen molar-refractivity contribution in [3.8, 4) is 0 Å². The monoisotopic (exact) mass is 362 g/mol. The molecule has 134 valence electrons. The quantitative estimate of drug-likeness (QED) is 0.635. The molecule has 0 aliphatic rings. The number of rotatable bonds is 3. The van der Waals surface area contributed by atoms with Crippen LogP contribution in [-0.2, 0) is 12.7 Å². The number of fused-ring (bicyclic) bond motifs is 1. The molecule has 0 aliphatic heterocycles. The van der Waals surface area contributed by atoms with Gasteiger partial charge >= 0.3 is 6.18 Å². The number of aromatic nitrogens is 1. The molecule has 3 nitrogen and oxygen atoms in total. The van der Waals surface area contributed by atoms with Crippen LogP contribution in [0, 0.1) is 5.82 Å². The lowest BCUT2D eigenvalue weighted by atomic mass is 10.0. The number of carbonyl (C=O) groups is 1. The fourth-order valence-electron chi connectivity index (χ4n) is 2.75. The van der Waals surface area contributed by atoms with Crippen molar-refractivity contribution in [1.82, 2.24) is 9.88 Å². The van der Waals surface area contributed by atoms with Crippen LogP contribution >= 0.6 is 0 Å². The average molecular weight is 362 g/mol. The van der Waals surface area contributed by atoms with Gasteiger partial charge in [0.25, 0.3) is 5.91 Å². The van der Waals surface area contributed by atoms with Gasteiger partial charge < -0.3 is 4.90 Å². The van der Waals surface area contributed by atoms with Gasteiger partial charge in [-0.15, -0.1) is 0 Å². The molecule has 0 fully saturated rings. The molecule has 0 bridgehead atoms. The molecule has 0 N–H and O–H groups in total. The highest BCUT2D eigenvalue weighted by Gasteiger charge is 2.38. The number of amides is 1. The van der Waals surface area contributed by atoms with Gasteiger partial charge in [-0.2, -0.15) is 13.2 Å². The molecule has 0 spiro atoms. The number of para-hydroxylation sites is 1. The lowest BCUT2D eigenvalue weighted by Crippen LogP contribution is -2.29. The fraction of sp³-hybridized carbons (Fsp3) is 0.158. The number of nitrogens with zero attached hydrogens (tertiary/aromatic N) is 2. The van der Waals surface area contributed by atoms with E-state index >= 15 is 0 Å². The van der Waals surface area contributed by atoms with E-state index in [1.165, 1.54) is 49.5 Å². The molecule has 1 aromatic heterocycles. The summed E-state index contributed by atoms with van der Waals surface area (Å²) in [6.07, 6.45) is -3.75. The predicted molar refractivity (Wildman–Crippen MR) is 88.9 cm³/mol. The van der Waals surface area contributed by atoms with E-state index in [-0.39, 0.29) is 17.4 Å². The van der Waals surface area contributed by atoms with Crippen LogP contribution in [0.3, 0.4) is 0 Å². The Morgan fingerprint density at radius 3 is 2.38 bits per heavy atom. The standard InChI is InChI=1S/C19H14F4N2O/c1-25(11-12-6-8-13(20)9-7-12)18(26)15-10-24-16-5-3-2-4-14(16)17(15)19(21,22)23/h2-10H,11H2,1H3. The van der Waals surface area contributed by atoms with Gasteiger partial charge in [0.15, 0.2) is 0 Å². The molecule has 7 heteroatoms. The van der Waals surface area contributed by atoms with Crippen LogP contribution in [0.1, 0.15) is 21.5 Å². The first-order chi connectivity index (χ1) is 12.3. The molecule has 0 saturated carbocycles. The Morgan fingerprint density at radius 2 is 1.73 bits per heavy atom. The molecule has 2 aromatic carbocycles. The van der Waals surface area contributed by atoms with Crippen molar-refractivity contribution in [2.24, 2.45) is 0 Å². The molecule has 0 unspecified atom stereocenters. The Hall–Kier alpha value is -2.96. The molecule has 1 amide bonds. The van der Waals surface area contributed by atoms with E-state index in [0.717, 1.165) is 11.1 Å². The van der Waals surface area contributed by atoms with E-state index in [0.29, 0.717) is 5.56 Å². The Labute approximate surface area is 146 Å². The van der Waals surface area contributed by atoms with Crippen molar-refractivity contribution >= 4 is 16.8 Å². The molecule has 26 heavy (non-hydrogen) atoms. The second-order valence-electron chi connectivity index (χ2n) is 5.85. The van der Waals surface area contributed by atoms with E-state index in [1.807, 2.05) is 0 Å². The van der Waals surface area contributed by atoms with E-state index in [1.54, 1.807) is 6.07 Å². The van der Waals surface area contributed by atoms with Crippen LogP contribution in [0.5, 0.6) is 0 Å². The SMILES string of the molecule is CN(Cc1ccc(F)cc1)C(=O)c1cnc2ccccc2c1C(F)(F)F. The second-order valence-corrected chi connectivity index (χ2v) is 5.85. The van der Waals surface area contributed by atoms with Crippen molar-refractivity contribution in [3.05, 3.63) is 77.2 Å². The maximum absolute atomic E-state index is 13.6. The van der Waals surface area contributed by atoms with Gasteiger partial charge in [-0.25, -0.2) is 4.39 Å². The Kier molecular flexibility index (Phi) is 4.63. The van der Waals surface area contributed by atoms with Crippen LogP contribution < -0.4 is 0 Å². The number of halogens is 4. The molecule has 0 saturated heterocycles. The molecule has 3 aromatic rings. The van der Waals surface area contributed by atoms with Gasteiger partial charge in [0, 0.05) is 25.2 Å². The minimum atomic E-state index is -4.70. The van der Waals surface area contributed by atoms with Gasteiger partial charge in [0.05, 0.1) is 16.6 Å². The van der Waals surface area contributed by atoms with E-state index in [4.69, 9.17) is 0 Å². The first kappa shape index (κ1) is 17.8. The summed E-state index contributed by atoms with van der Waals surface area (Å²) in [5.74, 6) is -1.24. The Bertz CT molecular complexity index is 952. The number of hydrogen-bond acceptors (Lipinski definition) is 2. The molecular weight excluding hydrogens is 348 g/mol. The summed E-state index contributed by atoms with van der Waals surface area (Å²) in [6.45, 7) is 0.0449. The number of pyridine rings is 1. The zero-order chi connectivity index (χ0) is 18.9. The summed E-state index contributed by atoms with van der Waals surface area (Å²) in [5, 5.41) is -0.124. The smallest absolute Gasteiger partial charge is 0.337 e. The lowest BCUT2D eigenvalue weighted by Gasteiger charge is -2.21. The highest BCUT2D eigenvalue weighted by molar-refractivity contribution is 6.00. The van der Waals surface area contributed by atoms with Crippen molar-refractivity contribution < 1.29 is 22.4 Å². The van der Waals surface area contributed by atoms with Crippen LogP contribution in [0.15, 0.2) is 54.7 Å². The minimum Gasteiger partial charge on any atom is -0.337 e. The molecule has 3 rings (SSSR count). The third-order valence-corrected chi connectivity index (χ3v) is 3.97. The maximum Gasteiger partial charge on any atom is 0.417 e. The summed E-state index contributed by atoms with van der Waals surface area (Å²) >= 11 is 0. The van der Waals surface area contributed by atoms with Crippen LogP contribution in [0.4, 0.5) is 17.6 Å². The number of alkyl halides is 3. The molecule has 1 heterocycles. The van der Waals surface area contributed by atoms with Crippen LogP contribution in [0.25, 0.3) is 10.9 Å². The number of benzene rings is 2. The molecular formula is C19H14F4N2O. The van der Waals surface area contributed by atoms with E-state index in [2.05, 4.69) is 4.98 Å². The van der Waals surface area contributed by atoms with E-state index in [9.17, 15) is 22.4 Å². The zero-order valence-corrected chi connectivity index (χ0v) is 13.7. The minimum absolute atomic E-state index is 0.0449. The first-order valence-corrected chi connectivity index (χ1v) is 7.72. The number of carbonyl (C=O) groups excluding carboxylic acids is 1. The predicted octanol–water partition coefficient (Wildman–Crippen LogP) is 4.66. The van der Waals surface area contributed by atoms with Gasteiger partial charge in [0.1, 0.15) is 5.82 Å². The molecule has 0 atom stereocenters. The summed E-state index contributed by atoms with van der Waals surface area (Å²) in [5.41, 5.74) is -0.748. The van der Waals surface area contributed by atoms with Gasteiger partial charge in [-0.1, -0.05) is 30.3 Å². The third kappa shape index (κ3) is 3.51. The van der Waals surface area contributed by atoms with Gasteiger partial charge in [-0.3, -0.25) is 9.78 Å². The van der Waals surface area contributed by atoms with Crippen molar-refractivity contribution in [3.63, 3.8) is 0 Å². The average Bonchev–Trinajstić information content (AvgIpc) is 2.61. The highest BCUT2D eigenvalue weighted by Crippen LogP contribution is 2.37. The highest BCUT2D eigenvalue weighted by atomic mass is 19.4. The maximum atomic E-state index is 13.6. The lowest BCUT2D eigenvalue weighted by molar-refractivity contribution is -0.136. The fourth-order valence-corrected chi connectivity index (χ4v) is 2.75. The van der Waals surface area contributed by atoms with Crippen molar-refractivity contribution in [2.45, 2.75) is 12.7 Å². The second kappa shape index (κ2) is 6.74. The van der Waals surface area contributed by atoms with Crippen LogP contribution in [-0.4, -0.2) is 22.8 Å². The molecule has 0 radical (unpaired) electrons. The summed E-state index contributed by atoms with van der Waals surface area (Å²) in [7, 11) is 1.39. The van der Waals surface area contributed by atoms with Gasteiger partial charge in [0.2, 0.25) is 0 Å². The van der Waals surface area contributed by atoms with Crippen molar-refractivity contribution in [1.29, 1.82) is 0 Å². The topological polar surface area (TPSA) is 33.2 Å². The van der Waals surface area contributed by atoms with Crippen LogP contribution in [0.2, 0.25) is 0 Å². The largest absolute Gasteiger partial charge is 0.417 e. The Balaban J connectivity index is 2.00. The summed E-state index contributed by atoms with van der Waals surface area (Å²) in [4.78, 5) is 17.8. The third-order valence-electron chi connectivity index (χ3n) is 3.97. The van der Waals surface area contributed by atoms with Gasteiger partial charge in [-0.05, 0) is 23.8 Å². The Morgan fingerprint density at radius 1 is 1.08 bits per heavy atom. The molecule has 0 aliphatic carbocycles. The zero-order valence-electron chi connectivity index (χ0n) is 13.7.